The van der Waals surface area contributed by atoms with Crippen molar-refractivity contribution in [1.29, 1.82) is 0 Å². The van der Waals surface area contributed by atoms with Crippen LogP contribution in [-0.2, 0) is 25.5 Å². The standard InChI is InChI=1S/C20H28N2O4/c1-2-26-20(25)11-9-18(23)21-17-12-14-22(15-13-17)19(24)10-8-16-6-4-3-5-7-16/h3-7,17H,2,8-15H2,1H3,(H,21,23). The molecule has 1 heterocycles. The lowest BCUT2D eigenvalue weighted by molar-refractivity contribution is -0.144. The molecule has 1 aromatic rings. The Labute approximate surface area is 154 Å². The normalized spacial score (nSPS) is 14.7. The number of carbonyl (C=O) groups excluding carboxylic acids is 3. The molecule has 6 heteroatoms. The molecule has 2 rings (SSSR count). The quantitative estimate of drug-likeness (QED) is 0.720. The second kappa shape index (κ2) is 10.6. The maximum atomic E-state index is 12.3. The number of amides is 2. The molecule has 1 N–H and O–H groups in total. The van der Waals surface area contributed by atoms with Gasteiger partial charge in [0.1, 0.15) is 0 Å². The fraction of sp³-hybridized carbons (Fsp3) is 0.550. The number of piperidine rings is 1. The highest BCUT2D eigenvalue weighted by atomic mass is 16.5. The smallest absolute Gasteiger partial charge is 0.306 e. The molecule has 0 atom stereocenters. The third kappa shape index (κ3) is 6.86. The number of nitrogens with zero attached hydrogens (tertiary/aromatic N) is 1. The molecule has 0 spiro atoms. The number of hydrogen-bond donors (Lipinski definition) is 1. The van der Waals surface area contributed by atoms with Gasteiger partial charge >= 0.3 is 5.97 Å². The molecule has 1 saturated heterocycles. The van der Waals surface area contributed by atoms with E-state index in [1.54, 1.807) is 6.92 Å². The first-order chi connectivity index (χ1) is 12.6. The zero-order valence-electron chi connectivity index (χ0n) is 15.4. The maximum Gasteiger partial charge on any atom is 0.306 e. The topological polar surface area (TPSA) is 75.7 Å². The number of benzene rings is 1. The van der Waals surface area contributed by atoms with Crippen LogP contribution in [0.15, 0.2) is 30.3 Å². The summed E-state index contributed by atoms with van der Waals surface area (Å²) in [4.78, 5) is 37.4. The SMILES string of the molecule is CCOC(=O)CCC(=O)NC1CCN(C(=O)CCc2ccccc2)CC1. The monoisotopic (exact) mass is 360 g/mol. The van der Waals surface area contributed by atoms with E-state index in [4.69, 9.17) is 4.74 Å². The van der Waals surface area contributed by atoms with E-state index >= 15 is 0 Å². The van der Waals surface area contributed by atoms with Crippen molar-refractivity contribution in [2.24, 2.45) is 0 Å². The third-order valence-electron chi connectivity index (χ3n) is 4.54. The first kappa shape index (κ1) is 19.9. The fourth-order valence-corrected chi connectivity index (χ4v) is 3.08. The minimum absolute atomic E-state index is 0.0721. The summed E-state index contributed by atoms with van der Waals surface area (Å²) >= 11 is 0. The predicted octanol–water partition coefficient (Wildman–Crippen LogP) is 2.07. The van der Waals surface area contributed by atoms with Crippen LogP contribution in [0.2, 0.25) is 0 Å². The molecule has 0 saturated carbocycles. The molecule has 0 aliphatic carbocycles. The molecule has 1 aliphatic heterocycles. The van der Waals surface area contributed by atoms with Crippen LogP contribution in [0.5, 0.6) is 0 Å². The highest BCUT2D eigenvalue weighted by molar-refractivity contribution is 5.81. The summed E-state index contributed by atoms with van der Waals surface area (Å²) < 4.78 is 4.81. The summed E-state index contributed by atoms with van der Waals surface area (Å²) in [5.41, 5.74) is 1.17. The van der Waals surface area contributed by atoms with Crippen molar-refractivity contribution in [3.8, 4) is 0 Å². The average Bonchev–Trinajstić information content (AvgIpc) is 2.66. The lowest BCUT2D eigenvalue weighted by Crippen LogP contribution is -2.46. The Morgan fingerprint density at radius 3 is 2.42 bits per heavy atom. The van der Waals surface area contributed by atoms with Gasteiger partial charge in [-0.2, -0.15) is 0 Å². The van der Waals surface area contributed by atoms with Gasteiger partial charge in [0.15, 0.2) is 0 Å². The largest absolute Gasteiger partial charge is 0.466 e. The average molecular weight is 360 g/mol. The predicted molar refractivity (Wildman–Crippen MR) is 98.4 cm³/mol. The Morgan fingerprint density at radius 2 is 1.77 bits per heavy atom. The zero-order valence-corrected chi connectivity index (χ0v) is 15.4. The minimum Gasteiger partial charge on any atom is -0.466 e. The van der Waals surface area contributed by atoms with E-state index in [0.717, 1.165) is 19.3 Å². The van der Waals surface area contributed by atoms with Crippen molar-refractivity contribution in [1.82, 2.24) is 10.2 Å². The molecule has 0 unspecified atom stereocenters. The van der Waals surface area contributed by atoms with Gasteiger partial charge in [0, 0.05) is 32.0 Å². The molecule has 26 heavy (non-hydrogen) atoms. The number of likely N-dealkylation sites (tertiary alicyclic amines) is 1. The molecular weight excluding hydrogens is 332 g/mol. The minimum atomic E-state index is -0.346. The molecule has 2 amide bonds. The highest BCUT2D eigenvalue weighted by Crippen LogP contribution is 2.13. The summed E-state index contributed by atoms with van der Waals surface area (Å²) in [6.45, 7) is 3.40. The Balaban J connectivity index is 1.64. The van der Waals surface area contributed by atoms with Gasteiger partial charge in [0.05, 0.1) is 13.0 Å². The Kier molecular flexibility index (Phi) is 8.12. The lowest BCUT2D eigenvalue weighted by Gasteiger charge is -2.32. The molecule has 0 aromatic heterocycles. The molecular formula is C20H28N2O4. The van der Waals surface area contributed by atoms with Crippen LogP contribution in [0.3, 0.4) is 0 Å². The van der Waals surface area contributed by atoms with Gasteiger partial charge in [-0.15, -0.1) is 0 Å². The van der Waals surface area contributed by atoms with E-state index < -0.39 is 0 Å². The fourth-order valence-electron chi connectivity index (χ4n) is 3.08. The first-order valence-electron chi connectivity index (χ1n) is 9.35. The molecule has 142 valence electrons. The van der Waals surface area contributed by atoms with Crippen LogP contribution in [0.4, 0.5) is 0 Å². The maximum absolute atomic E-state index is 12.3. The van der Waals surface area contributed by atoms with Gasteiger partial charge < -0.3 is 15.0 Å². The van der Waals surface area contributed by atoms with Crippen molar-refractivity contribution in [3.05, 3.63) is 35.9 Å². The van der Waals surface area contributed by atoms with E-state index in [2.05, 4.69) is 5.32 Å². The van der Waals surface area contributed by atoms with Crippen LogP contribution in [0, 0.1) is 0 Å². The zero-order chi connectivity index (χ0) is 18.8. The van der Waals surface area contributed by atoms with E-state index in [9.17, 15) is 14.4 Å². The lowest BCUT2D eigenvalue weighted by atomic mass is 10.0. The van der Waals surface area contributed by atoms with E-state index in [0.29, 0.717) is 26.1 Å². The molecule has 1 aromatic carbocycles. The van der Waals surface area contributed by atoms with Crippen molar-refractivity contribution >= 4 is 17.8 Å². The van der Waals surface area contributed by atoms with Crippen molar-refractivity contribution < 1.29 is 19.1 Å². The van der Waals surface area contributed by atoms with Gasteiger partial charge in [-0.05, 0) is 31.7 Å². The van der Waals surface area contributed by atoms with Gasteiger partial charge in [0.2, 0.25) is 11.8 Å². The van der Waals surface area contributed by atoms with Crippen LogP contribution in [-0.4, -0.2) is 48.4 Å². The van der Waals surface area contributed by atoms with Crippen LogP contribution in [0.25, 0.3) is 0 Å². The second-order valence-corrected chi connectivity index (χ2v) is 6.51. The third-order valence-corrected chi connectivity index (χ3v) is 4.54. The van der Waals surface area contributed by atoms with Crippen LogP contribution in [0.1, 0.15) is 44.6 Å². The van der Waals surface area contributed by atoms with Crippen LogP contribution >= 0.6 is 0 Å². The van der Waals surface area contributed by atoms with E-state index in [1.165, 1.54) is 5.56 Å². The number of ether oxygens (including phenoxy) is 1. The van der Waals surface area contributed by atoms with Gasteiger partial charge in [-0.25, -0.2) is 0 Å². The Morgan fingerprint density at radius 1 is 1.08 bits per heavy atom. The Hall–Kier alpha value is -2.37. The van der Waals surface area contributed by atoms with Gasteiger partial charge in [-0.3, -0.25) is 14.4 Å². The number of esters is 1. The molecule has 6 nitrogen and oxygen atoms in total. The summed E-state index contributed by atoms with van der Waals surface area (Å²) in [7, 11) is 0. The molecule has 0 bridgehead atoms. The van der Waals surface area contributed by atoms with E-state index in [1.807, 2.05) is 35.2 Å². The number of nitrogens with one attached hydrogen (secondary N) is 1. The summed E-state index contributed by atoms with van der Waals surface area (Å²) in [6.07, 6.45) is 3.03. The van der Waals surface area contributed by atoms with Crippen molar-refractivity contribution in [3.63, 3.8) is 0 Å². The number of hydrogen-bond acceptors (Lipinski definition) is 4. The summed E-state index contributed by atoms with van der Waals surface area (Å²) in [6, 6.07) is 10.1. The number of carbonyl (C=O) groups is 3. The molecule has 1 aliphatic rings. The van der Waals surface area contributed by atoms with Gasteiger partial charge in [-0.1, -0.05) is 30.3 Å². The van der Waals surface area contributed by atoms with E-state index in [-0.39, 0.29) is 36.7 Å². The number of rotatable bonds is 8. The summed E-state index contributed by atoms with van der Waals surface area (Å²) in [5.74, 6) is -0.311. The number of aryl methyl sites for hydroxylation is 1. The Bertz CT molecular complexity index is 595. The van der Waals surface area contributed by atoms with Crippen molar-refractivity contribution in [2.75, 3.05) is 19.7 Å². The van der Waals surface area contributed by atoms with Gasteiger partial charge in [0.25, 0.3) is 0 Å². The first-order valence-corrected chi connectivity index (χ1v) is 9.35. The highest BCUT2D eigenvalue weighted by Gasteiger charge is 2.23. The van der Waals surface area contributed by atoms with Crippen molar-refractivity contribution in [2.45, 2.75) is 51.5 Å². The summed E-state index contributed by atoms with van der Waals surface area (Å²) in [5, 5.41) is 2.95. The second-order valence-electron chi connectivity index (χ2n) is 6.51. The molecule has 1 fully saturated rings. The van der Waals surface area contributed by atoms with Crippen LogP contribution < -0.4 is 5.32 Å². The molecule has 0 radical (unpaired) electrons.